The maximum Gasteiger partial charge on any atom is 0.141 e. The number of hydrogen-bond donors (Lipinski definition) is 0. The molecular weight excluding hydrogens is 278 g/mol. The van der Waals surface area contributed by atoms with E-state index < -0.39 is 0 Å². The average Bonchev–Trinajstić information content (AvgIpc) is 2.67. The molecule has 4 heteroatoms. The van der Waals surface area contributed by atoms with Gasteiger partial charge in [0.05, 0.1) is 5.69 Å². The predicted molar refractivity (Wildman–Crippen MR) is 70.6 cm³/mol. The molecule has 2 aromatic heterocycles. The van der Waals surface area contributed by atoms with Gasteiger partial charge in [-0.2, -0.15) is 0 Å². The number of hydrogen-bond acceptors (Lipinski definition) is 2. The summed E-state index contributed by atoms with van der Waals surface area (Å²) in [6.07, 6.45) is 5.99. The van der Waals surface area contributed by atoms with Crippen LogP contribution in [0.4, 0.5) is 0 Å². The van der Waals surface area contributed by atoms with Crippen LogP contribution in [0.25, 0.3) is 11.4 Å². The Labute approximate surface area is 109 Å². The third kappa shape index (κ3) is 1.90. The van der Waals surface area contributed by atoms with Gasteiger partial charge in [-0.05, 0) is 46.8 Å². The molecule has 0 spiro atoms. The molecule has 1 unspecified atom stereocenters. The van der Waals surface area contributed by atoms with Gasteiger partial charge >= 0.3 is 0 Å². The molecule has 0 aliphatic carbocycles. The van der Waals surface area contributed by atoms with Crippen LogP contribution >= 0.6 is 15.9 Å². The zero-order valence-electron chi connectivity index (χ0n) is 9.73. The number of imidazole rings is 1. The van der Waals surface area contributed by atoms with Crippen molar-refractivity contribution in [3.63, 3.8) is 0 Å². The Kier molecular flexibility index (Phi) is 2.74. The fourth-order valence-corrected chi connectivity index (χ4v) is 2.98. The Morgan fingerprint density at radius 1 is 1.35 bits per heavy atom. The van der Waals surface area contributed by atoms with Crippen molar-refractivity contribution in [1.29, 1.82) is 0 Å². The fraction of sp³-hybridized carbons (Fsp3) is 0.385. The molecule has 0 saturated carbocycles. The number of rotatable bonds is 1. The minimum absolute atomic E-state index is 0.726. The first-order chi connectivity index (χ1) is 8.25. The van der Waals surface area contributed by atoms with Crippen molar-refractivity contribution in [3.05, 3.63) is 34.8 Å². The van der Waals surface area contributed by atoms with Gasteiger partial charge in [-0.1, -0.05) is 6.92 Å². The molecule has 1 aliphatic rings. The molecule has 0 radical (unpaired) electrons. The van der Waals surface area contributed by atoms with Crippen molar-refractivity contribution in [2.45, 2.75) is 26.3 Å². The third-order valence-corrected chi connectivity index (χ3v) is 3.97. The first-order valence-corrected chi connectivity index (χ1v) is 6.70. The van der Waals surface area contributed by atoms with E-state index in [4.69, 9.17) is 0 Å². The van der Waals surface area contributed by atoms with E-state index in [1.165, 1.54) is 12.1 Å². The van der Waals surface area contributed by atoms with Crippen molar-refractivity contribution in [3.8, 4) is 11.4 Å². The maximum absolute atomic E-state index is 4.65. The number of nitrogens with zero attached hydrogens (tertiary/aromatic N) is 3. The highest BCUT2D eigenvalue weighted by Crippen LogP contribution is 2.31. The van der Waals surface area contributed by atoms with Crippen LogP contribution in [-0.2, 0) is 13.0 Å². The Morgan fingerprint density at radius 3 is 2.88 bits per heavy atom. The number of pyridine rings is 1. The van der Waals surface area contributed by atoms with Crippen LogP contribution in [0.2, 0.25) is 0 Å². The third-order valence-electron chi connectivity index (χ3n) is 3.33. The molecule has 0 fully saturated rings. The van der Waals surface area contributed by atoms with Crippen molar-refractivity contribution < 1.29 is 0 Å². The summed E-state index contributed by atoms with van der Waals surface area (Å²) < 4.78 is 3.34. The number of aromatic nitrogens is 3. The average molecular weight is 292 g/mol. The van der Waals surface area contributed by atoms with Gasteiger partial charge in [0.25, 0.3) is 0 Å². The van der Waals surface area contributed by atoms with Crippen LogP contribution in [-0.4, -0.2) is 14.5 Å². The predicted octanol–water partition coefficient (Wildman–Crippen LogP) is 3.29. The zero-order valence-corrected chi connectivity index (χ0v) is 11.3. The Balaban J connectivity index is 2.13. The van der Waals surface area contributed by atoms with E-state index in [1.54, 1.807) is 0 Å². The van der Waals surface area contributed by atoms with Gasteiger partial charge in [0.15, 0.2) is 0 Å². The van der Waals surface area contributed by atoms with E-state index in [0.717, 1.165) is 34.9 Å². The lowest BCUT2D eigenvalue weighted by Crippen LogP contribution is -2.18. The summed E-state index contributed by atoms with van der Waals surface area (Å²) >= 11 is 3.57. The largest absolute Gasteiger partial charge is 0.327 e. The van der Waals surface area contributed by atoms with Crippen LogP contribution in [0.5, 0.6) is 0 Å². The number of fused-ring (bicyclic) bond motifs is 1. The summed E-state index contributed by atoms with van der Waals surface area (Å²) in [7, 11) is 0. The molecule has 0 amide bonds. The quantitative estimate of drug-likeness (QED) is 0.807. The fourth-order valence-electron chi connectivity index (χ4n) is 2.40. The minimum atomic E-state index is 0.726. The van der Waals surface area contributed by atoms with Crippen molar-refractivity contribution in [2.75, 3.05) is 0 Å². The van der Waals surface area contributed by atoms with Crippen LogP contribution in [0.3, 0.4) is 0 Å². The highest BCUT2D eigenvalue weighted by molar-refractivity contribution is 9.10. The molecular formula is C13H14BrN3. The van der Waals surface area contributed by atoms with Crippen molar-refractivity contribution >= 4 is 15.9 Å². The van der Waals surface area contributed by atoms with E-state index in [1.807, 2.05) is 24.5 Å². The van der Waals surface area contributed by atoms with Gasteiger partial charge in [0, 0.05) is 24.5 Å². The lowest BCUT2D eigenvalue weighted by molar-refractivity contribution is 0.401. The van der Waals surface area contributed by atoms with Crippen LogP contribution in [0, 0.1) is 5.92 Å². The molecule has 2 aromatic rings. The molecule has 88 valence electrons. The van der Waals surface area contributed by atoms with Crippen LogP contribution in [0.15, 0.2) is 29.1 Å². The Morgan fingerprint density at radius 2 is 2.12 bits per heavy atom. The molecule has 1 aliphatic heterocycles. The minimum Gasteiger partial charge on any atom is -0.327 e. The van der Waals surface area contributed by atoms with Gasteiger partial charge in [0.1, 0.15) is 10.4 Å². The first-order valence-electron chi connectivity index (χ1n) is 5.91. The molecule has 0 bridgehead atoms. The summed E-state index contributed by atoms with van der Waals surface area (Å²) in [5.41, 5.74) is 2.47. The highest BCUT2D eigenvalue weighted by atomic mass is 79.9. The molecule has 1 atom stereocenters. The molecule has 0 aromatic carbocycles. The molecule has 3 rings (SSSR count). The van der Waals surface area contributed by atoms with Gasteiger partial charge < -0.3 is 4.57 Å². The molecule has 0 N–H and O–H groups in total. The summed E-state index contributed by atoms with van der Waals surface area (Å²) in [5, 5.41) is 0. The standard InChI is InChI=1S/C13H14BrN3/c1-9-2-3-11-12(14)16-13(17(11)8-9)10-4-6-15-7-5-10/h4-7,9H,2-3,8H2,1H3. The lowest BCUT2D eigenvalue weighted by atomic mass is 10.0. The monoisotopic (exact) mass is 291 g/mol. The topological polar surface area (TPSA) is 30.7 Å². The molecule has 3 nitrogen and oxygen atoms in total. The van der Waals surface area contributed by atoms with E-state index in [2.05, 4.69) is 37.4 Å². The SMILES string of the molecule is CC1CCc2c(Br)nc(-c3ccncc3)n2C1. The molecule has 17 heavy (non-hydrogen) atoms. The summed E-state index contributed by atoms with van der Waals surface area (Å²) in [5.74, 6) is 1.78. The second-order valence-electron chi connectivity index (χ2n) is 4.66. The van der Waals surface area contributed by atoms with Gasteiger partial charge in [-0.15, -0.1) is 0 Å². The Hall–Kier alpha value is -1.16. The zero-order chi connectivity index (χ0) is 11.8. The van der Waals surface area contributed by atoms with Crippen LogP contribution < -0.4 is 0 Å². The van der Waals surface area contributed by atoms with E-state index in [0.29, 0.717) is 0 Å². The lowest BCUT2D eigenvalue weighted by Gasteiger charge is -2.22. The molecule has 0 saturated heterocycles. The van der Waals surface area contributed by atoms with Crippen LogP contribution in [0.1, 0.15) is 19.0 Å². The van der Waals surface area contributed by atoms with Crippen molar-refractivity contribution in [1.82, 2.24) is 14.5 Å². The number of halogens is 1. The second kappa shape index (κ2) is 4.26. The normalized spacial score (nSPS) is 19.1. The summed E-state index contributed by atoms with van der Waals surface area (Å²) in [4.78, 5) is 8.70. The summed E-state index contributed by atoms with van der Waals surface area (Å²) in [6.45, 7) is 3.36. The van der Waals surface area contributed by atoms with E-state index in [-0.39, 0.29) is 0 Å². The second-order valence-corrected chi connectivity index (χ2v) is 5.41. The van der Waals surface area contributed by atoms with E-state index >= 15 is 0 Å². The smallest absolute Gasteiger partial charge is 0.141 e. The van der Waals surface area contributed by atoms with E-state index in [9.17, 15) is 0 Å². The first kappa shape index (κ1) is 11.0. The highest BCUT2D eigenvalue weighted by Gasteiger charge is 2.22. The van der Waals surface area contributed by atoms with Gasteiger partial charge in [0.2, 0.25) is 0 Å². The summed E-state index contributed by atoms with van der Waals surface area (Å²) in [6, 6.07) is 4.03. The van der Waals surface area contributed by atoms with Gasteiger partial charge in [-0.25, -0.2) is 4.98 Å². The Bertz CT molecular complexity index is 533. The maximum atomic E-state index is 4.65. The van der Waals surface area contributed by atoms with Gasteiger partial charge in [-0.3, -0.25) is 4.98 Å². The van der Waals surface area contributed by atoms with Crippen molar-refractivity contribution in [2.24, 2.45) is 5.92 Å². The molecule has 3 heterocycles.